The van der Waals surface area contributed by atoms with Gasteiger partial charge in [0.2, 0.25) is 0 Å². The quantitative estimate of drug-likeness (QED) is 0.173. The van der Waals surface area contributed by atoms with Crippen LogP contribution in [0.2, 0.25) is 0 Å². The van der Waals surface area contributed by atoms with Gasteiger partial charge in [0.05, 0.1) is 2.74 Å². The summed E-state index contributed by atoms with van der Waals surface area (Å²) in [5, 5.41) is 5.81. The molecule has 0 saturated heterocycles. The minimum atomic E-state index is 0.256. The van der Waals surface area contributed by atoms with Crippen molar-refractivity contribution >= 4 is 43.5 Å². The summed E-state index contributed by atoms with van der Waals surface area (Å²) in [4.78, 5) is 15.6. The van der Waals surface area contributed by atoms with E-state index in [-0.39, 0.29) is 6.04 Å². The van der Waals surface area contributed by atoms with Crippen molar-refractivity contribution in [1.82, 2.24) is 15.0 Å². The number of hydrogen-bond acceptors (Lipinski definition) is 4. The maximum absolute atomic E-state index is 9.23. The van der Waals surface area contributed by atoms with Crippen LogP contribution in [0, 0.1) is 0 Å². The maximum Gasteiger partial charge on any atom is 0.164 e. The molecule has 0 bridgehead atoms. The molecule has 0 unspecified atom stereocenters. The average Bonchev–Trinajstić information content (AvgIpc) is 3.58. The highest BCUT2D eigenvalue weighted by molar-refractivity contribution is 6.14. The molecule has 4 heteroatoms. The summed E-state index contributed by atoms with van der Waals surface area (Å²) in [6.45, 7) is 0. The molecule has 0 atom stereocenters. The SMILES string of the molecule is [2H]c1ccc2oc3ccc([2H])c(-c4nc(-c5ccc(-c6ccccc6)c(-c6ccccc6)c5)nc(-c5cc6ccccc6c6ccccc56)n4)c3c2c1. The summed E-state index contributed by atoms with van der Waals surface area (Å²) in [5.41, 5.74) is 7.83. The zero-order valence-electron chi connectivity index (χ0n) is 29.3. The van der Waals surface area contributed by atoms with Gasteiger partial charge in [-0.25, -0.2) is 15.0 Å². The lowest BCUT2D eigenvalue weighted by molar-refractivity contribution is 0.669. The lowest BCUT2D eigenvalue weighted by Gasteiger charge is -2.15. The van der Waals surface area contributed by atoms with Crippen LogP contribution in [0.4, 0.5) is 0 Å². The molecule has 2 aromatic heterocycles. The predicted octanol–water partition coefficient (Wildman–Crippen LogP) is 12.4. The first-order chi connectivity index (χ1) is 26.1. The Hall–Kier alpha value is -6.91. The zero-order chi connectivity index (χ0) is 35.5. The Balaban J connectivity index is 1.29. The lowest BCUT2D eigenvalue weighted by atomic mass is 9.92. The summed E-state index contributed by atoms with van der Waals surface area (Å²) >= 11 is 0. The minimum Gasteiger partial charge on any atom is -0.456 e. The highest BCUT2D eigenvalue weighted by Gasteiger charge is 2.20. The van der Waals surface area contributed by atoms with E-state index in [0.717, 1.165) is 60.3 Å². The van der Waals surface area contributed by atoms with Gasteiger partial charge in [0.1, 0.15) is 11.2 Å². The van der Waals surface area contributed by atoms with E-state index in [9.17, 15) is 1.37 Å². The molecular weight excluding hydrogens is 623 g/mol. The van der Waals surface area contributed by atoms with E-state index in [1.54, 1.807) is 30.3 Å². The standard InChI is InChI=1S/C47H29N3O/c1-3-14-30(15-4-1)35-27-26-33(29-40(35)31-16-5-2-6-17-31)45-48-46(39-23-13-25-43-44(39)38-22-11-12-24-42(38)51-43)50-47(49-45)41-28-32-18-7-8-19-34(32)36-20-9-10-21-37(36)41/h1-29H/i11D,23D. The molecule has 10 rings (SSSR count). The van der Waals surface area contributed by atoms with Gasteiger partial charge in [-0.1, -0.05) is 152 Å². The second-order valence-electron chi connectivity index (χ2n) is 12.6. The van der Waals surface area contributed by atoms with E-state index in [4.69, 9.17) is 20.7 Å². The van der Waals surface area contributed by atoms with Crippen LogP contribution in [-0.4, -0.2) is 15.0 Å². The molecule has 0 saturated carbocycles. The summed E-state index contributed by atoms with van der Waals surface area (Å²) in [5.74, 6) is 1.36. The van der Waals surface area contributed by atoms with Crippen molar-refractivity contribution in [3.05, 3.63) is 176 Å². The highest BCUT2D eigenvalue weighted by Crippen LogP contribution is 2.40. The van der Waals surface area contributed by atoms with E-state index < -0.39 is 0 Å². The summed E-state index contributed by atoms with van der Waals surface area (Å²) < 4.78 is 23.9. The fourth-order valence-electron chi connectivity index (χ4n) is 7.21. The van der Waals surface area contributed by atoms with Gasteiger partial charge in [0, 0.05) is 27.5 Å². The third-order valence-electron chi connectivity index (χ3n) is 9.59. The van der Waals surface area contributed by atoms with Gasteiger partial charge in [0.25, 0.3) is 0 Å². The first-order valence-corrected chi connectivity index (χ1v) is 16.9. The smallest absolute Gasteiger partial charge is 0.164 e. The number of para-hydroxylation sites is 1. The third-order valence-corrected chi connectivity index (χ3v) is 9.59. The van der Waals surface area contributed by atoms with Crippen molar-refractivity contribution in [2.24, 2.45) is 0 Å². The van der Waals surface area contributed by atoms with Gasteiger partial charge in [-0.3, -0.25) is 0 Å². The Morgan fingerprint density at radius 3 is 1.84 bits per heavy atom. The molecule has 4 nitrogen and oxygen atoms in total. The van der Waals surface area contributed by atoms with E-state index in [2.05, 4.69) is 109 Å². The van der Waals surface area contributed by atoms with Gasteiger partial charge >= 0.3 is 0 Å². The number of rotatable bonds is 5. The van der Waals surface area contributed by atoms with Gasteiger partial charge in [-0.05, 0) is 68.1 Å². The molecule has 0 amide bonds. The number of furan rings is 1. The van der Waals surface area contributed by atoms with Crippen LogP contribution in [0.3, 0.4) is 0 Å². The Labute approximate surface area is 297 Å². The van der Waals surface area contributed by atoms with E-state index >= 15 is 0 Å². The molecule has 2 heterocycles. The van der Waals surface area contributed by atoms with Crippen molar-refractivity contribution in [2.75, 3.05) is 0 Å². The van der Waals surface area contributed by atoms with Gasteiger partial charge in [-0.2, -0.15) is 0 Å². The van der Waals surface area contributed by atoms with Crippen LogP contribution in [0.15, 0.2) is 180 Å². The number of benzene rings is 8. The highest BCUT2D eigenvalue weighted by atomic mass is 16.3. The molecule has 10 aromatic rings. The van der Waals surface area contributed by atoms with Crippen molar-refractivity contribution in [3.8, 4) is 56.4 Å². The summed E-state index contributed by atoms with van der Waals surface area (Å²) in [6.07, 6.45) is 0. The molecule has 0 radical (unpaired) electrons. The van der Waals surface area contributed by atoms with Crippen molar-refractivity contribution < 1.29 is 7.16 Å². The van der Waals surface area contributed by atoms with Crippen LogP contribution < -0.4 is 0 Å². The van der Waals surface area contributed by atoms with Crippen molar-refractivity contribution in [3.63, 3.8) is 0 Å². The number of aromatic nitrogens is 3. The molecule has 0 N–H and O–H groups in total. The average molecular weight is 654 g/mol. The first-order valence-electron chi connectivity index (χ1n) is 17.9. The zero-order valence-corrected chi connectivity index (χ0v) is 27.3. The van der Waals surface area contributed by atoms with Crippen molar-refractivity contribution in [2.45, 2.75) is 0 Å². The second kappa shape index (κ2) is 11.9. The minimum absolute atomic E-state index is 0.256. The van der Waals surface area contributed by atoms with Crippen LogP contribution in [0.25, 0.3) is 99.9 Å². The Morgan fingerprint density at radius 2 is 1.04 bits per heavy atom. The molecule has 0 aliphatic rings. The van der Waals surface area contributed by atoms with Gasteiger partial charge in [-0.15, -0.1) is 0 Å². The second-order valence-corrected chi connectivity index (χ2v) is 12.6. The predicted molar refractivity (Wildman–Crippen MR) is 209 cm³/mol. The van der Waals surface area contributed by atoms with Crippen LogP contribution >= 0.6 is 0 Å². The fourth-order valence-corrected chi connectivity index (χ4v) is 7.21. The largest absolute Gasteiger partial charge is 0.456 e. The molecule has 0 fully saturated rings. The van der Waals surface area contributed by atoms with Crippen LogP contribution in [-0.2, 0) is 0 Å². The first kappa shape index (κ1) is 27.0. The molecule has 8 aromatic carbocycles. The van der Waals surface area contributed by atoms with Gasteiger partial charge in [0.15, 0.2) is 17.5 Å². The molecular formula is C47H29N3O. The van der Waals surface area contributed by atoms with E-state index in [0.29, 0.717) is 45.6 Å². The monoisotopic (exact) mass is 653 g/mol. The number of fused-ring (bicyclic) bond motifs is 6. The Bertz CT molecular complexity index is 3030. The fraction of sp³-hybridized carbons (Fsp3) is 0. The van der Waals surface area contributed by atoms with Crippen molar-refractivity contribution in [1.29, 1.82) is 0 Å². The number of nitrogens with zero attached hydrogens (tertiary/aromatic N) is 3. The molecule has 238 valence electrons. The Kier molecular flexibility index (Phi) is 6.29. The number of hydrogen-bond donors (Lipinski definition) is 0. The Morgan fingerprint density at radius 1 is 0.392 bits per heavy atom. The van der Waals surface area contributed by atoms with Gasteiger partial charge < -0.3 is 4.42 Å². The van der Waals surface area contributed by atoms with E-state index in [1.807, 2.05) is 24.3 Å². The molecule has 51 heavy (non-hydrogen) atoms. The maximum atomic E-state index is 9.23. The third kappa shape index (κ3) is 4.96. The van der Waals surface area contributed by atoms with Crippen LogP contribution in [0.1, 0.15) is 2.74 Å². The lowest BCUT2D eigenvalue weighted by Crippen LogP contribution is -2.01. The molecule has 0 aliphatic heterocycles. The summed E-state index contributed by atoms with van der Waals surface area (Å²) in [7, 11) is 0. The summed E-state index contributed by atoms with van der Waals surface area (Å²) in [6, 6.07) is 55.4. The normalized spacial score (nSPS) is 12.1. The molecule has 0 spiro atoms. The van der Waals surface area contributed by atoms with Crippen LogP contribution in [0.5, 0.6) is 0 Å². The van der Waals surface area contributed by atoms with E-state index in [1.165, 1.54) is 0 Å². The topological polar surface area (TPSA) is 51.8 Å². The molecule has 0 aliphatic carbocycles.